The van der Waals surface area contributed by atoms with E-state index in [-0.39, 0.29) is 36.3 Å². The molecule has 1 fully saturated rings. The van der Waals surface area contributed by atoms with Crippen LogP contribution < -0.4 is 4.72 Å². The fraction of sp³-hybridized carbons (Fsp3) is 0.375. The molecule has 0 aliphatic carbocycles. The highest BCUT2D eigenvalue weighted by Gasteiger charge is 2.33. The van der Waals surface area contributed by atoms with Crippen molar-refractivity contribution in [1.29, 1.82) is 0 Å². The summed E-state index contributed by atoms with van der Waals surface area (Å²) in [6.45, 7) is 0.211. The van der Waals surface area contributed by atoms with Crippen molar-refractivity contribution in [2.45, 2.75) is 37.0 Å². The van der Waals surface area contributed by atoms with E-state index < -0.39 is 33.7 Å². The zero-order valence-corrected chi connectivity index (χ0v) is 15.9. The van der Waals surface area contributed by atoms with E-state index in [2.05, 4.69) is 10.0 Å². The Morgan fingerprint density at radius 1 is 1.14 bits per heavy atom. The smallest absolute Gasteiger partial charge is 0.325 e. The van der Waals surface area contributed by atoms with Crippen LogP contribution in [0.1, 0.15) is 42.5 Å². The van der Waals surface area contributed by atoms with Crippen LogP contribution in [0.4, 0.5) is 0 Å². The molecule has 1 aliphatic heterocycles. The molecule has 3 amide bonds. The molecule has 0 radical (unpaired) electrons. The molecule has 0 bridgehead atoms. The number of azide groups is 1. The van der Waals surface area contributed by atoms with Gasteiger partial charge in [0, 0.05) is 30.7 Å². The van der Waals surface area contributed by atoms with E-state index in [9.17, 15) is 27.6 Å². The number of nitrogens with one attached hydrogen (secondary N) is 1. The van der Waals surface area contributed by atoms with Crippen LogP contribution in [0.25, 0.3) is 10.4 Å². The fourth-order valence-corrected chi connectivity index (χ4v) is 3.35. The summed E-state index contributed by atoms with van der Waals surface area (Å²) >= 11 is 0. The third-order valence-corrected chi connectivity index (χ3v) is 5.19. The third kappa shape index (κ3) is 6.02. The van der Waals surface area contributed by atoms with E-state index in [1.165, 1.54) is 0 Å². The average molecular weight is 423 g/mol. The Bertz CT molecular complexity index is 952. The van der Waals surface area contributed by atoms with Crippen molar-refractivity contribution in [3.8, 4) is 0 Å². The van der Waals surface area contributed by atoms with Gasteiger partial charge >= 0.3 is 5.97 Å². The summed E-state index contributed by atoms with van der Waals surface area (Å²) in [5.41, 5.74) is 8.06. The predicted molar refractivity (Wildman–Crippen MR) is 96.1 cm³/mol. The van der Waals surface area contributed by atoms with Gasteiger partial charge in [0.05, 0.1) is 10.5 Å². The van der Waals surface area contributed by atoms with Crippen molar-refractivity contribution in [3.63, 3.8) is 0 Å². The molecular weight excluding hydrogens is 406 g/mol. The minimum atomic E-state index is -4.14. The highest BCUT2D eigenvalue weighted by molar-refractivity contribution is 7.90. The van der Waals surface area contributed by atoms with Gasteiger partial charge in [0.1, 0.15) is 0 Å². The van der Waals surface area contributed by atoms with E-state index in [0.29, 0.717) is 17.9 Å². The summed E-state index contributed by atoms with van der Waals surface area (Å²) in [5, 5.41) is 3.69. The van der Waals surface area contributed by atoms with Crippen molar-refractivity contribution < 1.29 is 32.4 Å². The van der Waals surface area contributed by atoms with Crippen molar-refractivity contribution in [1.82, 2.24) is 9.79 Å². The van der Waals surface area contributed by atoms with Gasteiger partial charge in [0.25, 0.3) is 21.8 Å². The minimum Gasteiger partial charge on any atom is -0.325 e. The molecule has 1 N–H and O–H groups in total. The van der Waals surface area contributed by atoms with Gasteiger partial charge in [0.15, 0.2) is 0 Å². The Labute approximate surface area is 165 Å². The molecule has 29 heavy (non-hydrogen) atoms. The summed E-state index contributed by atoms with van der Waals surface area (Å²) in [6, 6.07) is 4.43. The predicted octanol–water partition coefficient (Wildman–Crippen LogP) is 1.19. The van der Waals surface area contributed by atoms with E-state index in [4.69, 9.17) is 10.4 Å². The van der Waals surface area contributed by atoms with E-state index >= 15 is 0 Å². The molecule has 1 aromatic carbocycles. The van der Waals surface area contributed by atoms with Crippen LogP contribution in [0.3, 0.4) is 0 Å². The Kier molecular flexibility index (Phi) is 7.28. The Hall–Kier alpha value is -3.44. The summed E-state index contributed by atoms with van der Waals surface area (Å²) < 4.78 is 26.3. The first-order valence-electron chi connectivity index (χ1n) is 8.49. The number of rotatable bonds is 9. The lowest BCUT2D eigenvalue weighted by Gasteiger charge is -2.12. The summed E-state index contributed by atoms with van der Waals surface area (Å²) in [5.74, 6) is -2.99. The second-order valence-electron chi connectivity index (χ2n) is 5.93. The second kappa shape index (κ2) is 9.66. The van der Waals surface area contributed by atoms with E-state index in [1.54, 1.807) is 0 Å². The molecule has 0 aromatic heterocycles. The van der Waals surface area contributed by atoms with E-state index in [0.717, 1.165) is 24.3 Å². The SMILES string of the molecule is [N-]=[N+]=NCCCCC(=O)NS(=O)(=O)c1ccc(C(=O)ON2C(=O)CCC2=O)cc1. The highest BCUT2D eigenvalue weighted by atomic mass is 32.2. The lowest BCUT2D eigenvalue weighted by Crippen LogP contribution is -2.32. The van der Waals surface area contributed by atoms with Gasteiger partial charge in [-0.3, -0.25) is 14.4 Å². The molecule has 1 aliphatic rings. The Morgan fingerprint density at radius 3 is 2.34 bits per heavy atom. The van der Waals surface area contributed by atoms with Crippen molar-refractivity contribution in [2.75, 3.05) is 6.54 Å². The molecule has 12 nitrogen and oxygen atoms in total. The van der Waals surface area contributed by atoms with Crippen molar-refractivity contribution in [2.24, 2.45) is 5.11 Å². The van der Waals surface area contributed by atoms with Crippen LogP contribution in [-0.4, -0.2) is 43.7 Å². The number of unbranched alkanes of at least 4 members (excludes halogenated alkanes) is 1. The Balaban J connectivity index is 1.94. The first kappa shape index (κ1) is 21.9. The fourth-order valence-electron chi connectivity index (χ4n) is 2.34. The third-order valence-electron chi connectivity index (χ3n) is 3.80. The van der Waals surface area contributed by atoms with Crippen molar-refractivity contribution >= 4 is 33.7 Å². The van der Waals surface area contributed by atoms with Gasteiger partial charge in [-0.25, -0.2) is 17.9 Å². The van der Waals surface area contributed by atoms with E-state index in [1.807, 2.05) is 4.72 Å². The van der Waals surface area contributed by atoms with Crippen LogP contribution in [0.5, 0.6) is 0 Å². The zero-order valence-electron chi connectivity index (χ0n) is 15.1. The number of hydrogen-bond acceptors (Lipinski definition) is 8. The molecule has 0 spiro atoms. The number of sulfonamides is 1. The topological polar surface area (TPSA) is 176 Å². The maximum Gasteiger partial charge on any atom is 0.363 e. The number of amides is 3. The first-order valence-corrected chi connectivity index (χ1v) is 9.97. The molecule has 1 heterocycles. The molecule has 0 saturated carbocycles. The summed E-state index contributed by atoms with van der Waals surface area (Å²) in [7, 11) is -4.14. The van der Waals surface area contributed by atoms with Crippen LogP contribution in [0, 0.1) is 0 Å². The van der Waals surface area contributed by atoms with Gasteiger partial charge in [-0.15, -0.1) is 5.06 Å². The lowest BCUT2D eigenvalue weighted by molar-refractivity contribution is -0.172. The van der Waals surface area contributed by atoms with Crippen LogP contribution in [0.15, 0.2) is 34.3 Å². The molecule has 13 heteroatoms. The highest BCUT2D eigenvalue weighted by Crippen LogP contribution is 2.16. The van der Waals surface area contributed by atoms with Crippen LogP contribution >= 0.6 is 0 Å². The second-order valence-corrected chi connectivity index (χ2v) is 7.61. The lowest BCUT2D eigenvalue weighted by atomic mass is 10.2. The minimum absolute atomic E-state index is 0.0471. The molecule has 2 rings (SSSR count). The number of nitrogens with zero attached hydrogens (tertiary/aromatic N) is 4. The molecule has 1 aromatic rings. The van der Waals surface area contributed by atoms with Crippen molar-refractivity contribution in [3.05, 3.63) is 40.3 Å². The van der Waals surface area contributed by atoms with Gasteiger partial charge in [0.2, 0.25) is 5.91 Å². The van der Waals surface area contributed by atoms with Gasteiger partial charge in [-0.1, -0.05) is 5.11 Å². The average Bonchev–Trinajstić information content (AvgIpc) is 2.99. The van der Waals surface area contributed by atoms with Crippen LogP contribution in [-0.2, 0) is 29.2 Å². The number of hydrogen-bond donors (Lipinski definition) is 1. The number of hydroxylamine groups is 2. The largest absolute Gasteiger partial charge is 0.363 e. The number of benzene rings is 1. The molecular formula is C16H17N5O7S. The Morgan fingerprint density at radius 2 is 1.76 bits per heavy atom. The van der Waals surface area contributed by atoms with Gasteiger partial charge in [-0.2, -0.15) is 0 Å². The maximum absolute atomic E-state index is 12.2. The standard InChI is InChI=1S/C16H17N5O7S/c17-20-18-10-2-1-3-13(22)19-29(26,27)12-6-4-11(5-7-12)16(25)28-21-14(23)8-9-15(21)24/h4-7H,1-3,8-10H2,(H,19,22). The number of imide groups is 1. The maximum atomic E-state index is 12.2. The quantitative estimate of drug-likeness (QED) is 0.204. The molecule has 1 saturated heterocycles. The monoisotopic (exact) mass is 423 g/mol. The zero-order chi connectivity index (χ0) is 21.4. The van der Waals surface area contributed by atoms with Crippen LogP contribution in [0.2, 0.25) is 0 Å². The summed E-state index contributed by atoms with van der Waals surface area (Å²) in [6.07, 6.45) is 0.626. The molecule has 0 unspecified atom stereocenters. The van der Waals surface area contributed by atoms with Gasteiger partial charge < -0.3 is 4.84 Å². The molecule has 0 atom stereocenters. The molecule has 154 valence electrons. The van der Waals surface area contributed by atoms with Gasteiger partial charge in [-0.05, 0) is 42.6 Å². The number of carbonyl (C=O) groups is 4. The normalized spacial score (nSPS) is 13.7. The summed E-state index contributed by atoms with van der Waals surface area (Å²) in [4.78, 5) is 53.7. The number of carbonyl (C=O) groups excluding carboxylic acids is 4. The first-order chi connectivity index (χ1) is 13.7.